The van der Waals surface area contributed by atoms with Gasteiger partial charge in [-0.2, -0.15) is 5.10 Å². The van der Waals surface area contributed by atoms with Gasteiger partial charge in [-0.05, 0) is 18.8 Å². The highest BCUT2D eigenvalue weighted by atomic mass is 16.5. The first-order valence-electron chi connectivity index (χ1n) is 5.88. The van der Waals surface area contributed by atoms with Gasteiger partial charge < -0.3 is 9.84 Å². The van der Waals surface area contributed by atoms with Crippen LogP contribution in [0.15, 0.2) is 6.20 Å². The van der Waals surface area contributed by atoms with Crippen molar-refractivity contribution in [1.29, 1.82) is 0 Å². The third kappa shape index (κ3) is 1.61. The lowest BCUT2D eigenvalue weighted by molar-refractivity contribution is -0.0549. The summed E-state index contributed by atoms with van der Waals surface area (Å²) < 4.78 is 7.03. The minimum Gasteiger partial charge on any atom is -0.493 e. The summed E-state index contributed by atoms with van der Waals surface area (Å²) in [4.78, 5) is 0. The fraction of sp³-hybridized carbons (Fsp3) is 0.750. The molecule has 0 radical (unpaired) electrons. The number of aromatic nitrogens is 2. The SMILES string of the molecule is COc1cnn(C)c1C1(O)CCCCC1C. The maximum absolute atomic E-state index is 10.9. The molecule has 2 atom stereocenters. The van der Waals surface area contributed by atoms with Crippen molar-refractivity contribution in [1.82, 2.24) is 9.78 Å². The minimum atomic E-state index is -0.783. The molecular formula is C12H20N2O2. The van der Waals surface area contributed by atoms with Gasteiger partial charge in [0.2, 0.25) is 0 Å². The van der Waals surface area contributed by atoms with E-state index >= 15 is 0 Å². The van der Waals surface area contributed by atoms with Crippen molar-refractivity contribution >= 4 is 0 Å². The summed E-state index contributed by atoms with van der Waals surface area (Å²) in [6, 6.07) is 0. The second kappa shape index (κ2) is 4.09. The third-order valence-electron chi connectivity index (χ3n) is 3.80. The molecule has 90 valence electrons. The predicted molar refractivity (Wildman–Crippen MR) is 61.3 cm³/mol. The highest BCUT2D eigenvalue weighted by Crippen LogP contribution is 2.44. The topological polar surface area (TPSA) is 47.3 Å². The molecule has 1 aromatic rings. The van der Waals surface area contributed by atoms with Gasteiger partial charge >= 0.3 is 0 Å². The highest BCUT2D eigenvalue weighted by molar-refractivity contribution is 5.31. The van der Waals surface area contributed by atoms with Crippen molar-refractivity contribution in [3.63, 3.8) is 0 Å². The normalized spacial score (nSPS) is 30.4. The molecule has 1 saturated carbocycles. The lowest BCUT2D eigenvalue weighted by Gasteiger charge is -2.38. The Morgan fingerprint density at radius 1 is 1.56 bits per heavy atom. The Morgan fingerprint density at radius 2 is 2.31 bits per heavy atom. The Hall–Kier alpha value is -1.03. The monoisotopic (exact) mass is 224 g/mol. The number of methoxy groups -OCH3 is 1. The van der Waals surface area contributed by atoms with Crippen molar-refractivity contribution in [3.8, 4) is 5.75 Å². The predicted octanol–water partition coefficient (Wildman–Crippen LogP) is 1.83. The van der Waals surface area contributed by atoms with Gasteiger partial charge in [0, 0.05) is 7.05 Å². The molecule has 2 rings (SSSR count). The van der Waals surface area contributed by atoms with Crippen molar-refractivity contribution in [2.24, 2.45) is 13.0 Å². The fourth-order valence-corrected chi connectivity index (χ4v) is 2.74. The Labute approximate surface area is 96.2 Å². The Bertz CT molecular complexity index is 375. The molecule has 0 aromatic carbocycles. The quantitative estimate of drug-likeness (QED) is 0.833. The van der Waals surface area contributed by atoms with Crippen LogP contribution in [0.2, 0.25) is 0 Å². The van der Waals surface area contributed by atoms with Crippen LogP contribution in [0.5, 0.6) is 5.75 Å². The van der Waals surface area contributed by atoms with Crippen LogP contribution in [0.25, 0.3) is 0 Å². The first-order chi connectivity index (χ1) is 7.59. The van der Waals surface area contributed by atoms with Crippen LogP contribution in [0.3, 0.4) is 0 Å². The zero-order valence-corrected chi connectivity index (χ0v) is 10.2. The van der Waals surface area contributed by atoms with E-state index in [9.17, 15) is 5.11 Å². The van der Waals surface area contributed by atoms with Gasteiger partial charge in [0.25, 0.3) is 0 Å². The lowest BCUT2D eigenvalue weighted by Crippen LogP contribution is -2.38. The van der Waals surface area contributed by atoms with Crippen LogP contribution >= 0.6 is 0 Å². The molecule has 0 spiro atoms. The van der Waals surface area contributed by atoms with Crippen LogP contribution in [-0.4, -0.2) is 22.0 Å². The average Bonchev–Trinajstić information content (AvgIpc) is 2.64. The molecule has 0 amide bonds. The molecule has 1 fully saturated rings. The molecule has 0 saturated heterocycles. The number of aryl methyl sites for hydroxylation is 1. The zero-order chi connectivity index (χ0) is 11.8. The Kier molecular flexibility index (Phi) is 2.93. The number of ether oxygens (including phenoxy) is 1. The fourth-order valence-electron chi connectivity index (χ4n) is 2.74. The summed E-state index contributed by atoms with van der Waals surface area (Å²) in [5.41, 5.74) is 0.0386. The first kappa shape index (κ1) is 11.5. The number of hydrogen-bond donors (Lipinski definition) is 1. The number of aliphatic hydroxyl groups is 1. The van der Waals surface area contributed by atoms with Crippen molar-refractivity contribution in [2.75, 3.05) is 7.11 Å². The van der Waals surface area contributed by atoms with E-state index in [0.717, 1.165) is 25.0 Å². The third-order valence-corrected chi connectivity index (χ3v) is 3.80. The van der Waals surface area contributed by atoms with Gasteiger partial charge in [-0.1, -0.05) is 19.8 Å². The zero-order valence-electron chi connectivity index (χ0n) is 10.2. The number of rotatable bonds is 2. The van der Waals surface area contributed by atoms with Gasteiger partial charge in [-0.25, -0.2) is 0 Å². The summed E-state index contributed by atoms with van der Waals surface area (Å²) in [7, 11) is 3.48. The van der Waals surface area contributed by atoms with Crippen LogP contribution < -0.4 is 4.74 Å². The van der Waals surface area contributed by atoms with Crippen molar-refractivity contribution in [2.45, 2.75) is 38.2 Å². The molecular weight excluding hydrogens is 204 g/mol. The lowest BCUT2D eigenvalue weighted by atomic mass is 9.74. The number of nitrogens with zero attached hydrogens (tertiary/aromatic N) is 2. The summed E-state index contributed by atoms with van der Waals surface area (Å²) in [6.45, 7) is 2.10. The highest BCUT2D eigenvalue weighted by Gasteiger charge is 2.42. The van der Waals surface area contributed by atoms with Gasteiger partial charge in [0.05, 0.1) is 13.3 Å². The summed E-state index contributed by atoms with van der Waals surface area (Å²) >= 11 is 0. The molecule has 1 heterocycles. The Balaban J connectivity index is 2.44. The van der Waals surface area contributed by atoms with E-state index in [4.69, 9.17) is 4.74 Å². The number of hydrogen-bond acceptors (Lipinski definition) is 3. The Morgan fingerprint density at radius 3 is 2.94 bits per heavy atom. The molecule has 2 unspecified atom stereocenters. The molecule has 0 bridgehead atoms. The molecule has 1 aliphatic rings. The molecule has 1 aromatic heterocycles. The maximum Gasteiger partial charge on any atom is 0.162 e. The van der Waals surface area contributed by atoms with Crippen molar-refractivity contribution < 1.29 is 9.84 Å². The second-order valence-electron chi connectivity index (χ2n) is 4.76. The van der Waals surface area contributed by atoms with Gasteiger partial charge in [0.1, 0.15) is 11.3 Å². The summed E-state index contributed by atoms with van der Waals surface area (Å²) in [5.74, 6) is 0.948. The van der Waals surface area contributed by atoms with Gasteiger partial charge in [-0.3, -0.25) is 4.68 Å². The van der Waals surface area contributed by atoms with E-state index in [-0.39, 0.29) is 5.92 Å². The van der Waals surface area contributed by atoms with E-state index in [0.29, 0.717) is 5.75 Å². The van der Waals surface area contributed by atoms with Crippen LogP contribution in [0.1, 0.15) is 38.3 Å². The van der Waals surface area contributed by atoms with E-state index in [1.54, 1.807) is 18.0 Å². The smallest absolute Gasteiger partial charge is 0.162 e. The van der Waals surface area contributed by atoms with Crippen LogP contribution in [0.4, 0.5) is 0 Å². The van der Waals surface area contributed by atoms with E-state index in [1.165, 1.54) is 6.42 Å². The summed E-state index contributed by atoms with van der Waals surface area (Å²) in [5, 5.41) is 15.0. The first-order valence-corrected chi connectivity index (χ1v) is 5.88. The summed E-state index contributed by atoms with van der Waals surface area (Å²) in [6.07, 6.45) is 5.79. The van der Waals surface area contributed by atoms with E-state index < -0.39 is 5.60 Å². The molecule has 4 nitrogen and oxygen atoms in total. The van der Waals surface area contributed by atoms with Gasteiger partial charge in [0.15, 0.2) is 5.75 Å². The van der Waals surface area contributed by atoms with Crippen molar-refractivity contribution in [3.05, 3.63) is 11.9 Å². The van der Waals surface area contributed by atoms with E-state index in [1.807, 2.05) is 7.05 Å². The van der Waals surface area contributed by atoms with E-state index in [2.05, 4.69) is 12.0 Å². The molecule has 4 heteroatoms. The largest absolute Gasteiger partial charge is 0.493 e. The van der Waals surface area contributed by atoms with Crippen LogP contribution in [0, 0.1) is 5.92 Å². The molecule has 1 N–H and O–H groups in total. The molecule has 16 heavy (non-hydrogen) atoms. The molecule has 1 aliphatic carbocycles. The molecule has 0 aliphatic heterocycles. The maximum atomic E-state index is 10.9. The average molecular weight is 224 g/mol. The standard InChI is InChI=1S/C12H20N2O2/c1-9-6-4-5-7-12(9,15)11-10(16-3)8-13-14(11)2/h8-9,15H,4-7H2,1-3H3. The van der Waals surface area contributed by atoms with Crippen LogP contribution in [-0.2, 0) is 12.6 Å². The second-order valence-corrected chi connectivity index (χ2v) is 4.76. The van der Waals surface area contributed by atoms with Gasteiger partial charge in [-0.15, -0.1) is 0 Å². The minimum absolute atomic E-state index is 0.255.